The summed E-state index contributed by atoms with van der Waals surface area (Å²) in [6.45, 7) is 8.80. The van der Waals surface area contributed by atoms with Gasteiger partial charge in [0.05, 0.1) is 5.52 Å². The SMILES string of the molecule is CCCc1cc(C)c2ccc(CC)c(C)c2n1. The number of aryl methyl sites for hydroxylation is 4. The number of benzene rings is 1. The van der Waals surface area contributed by atoms with Crippen molar-refractivity contribution >= 4 is 10.9 Å². The highest BCUT2D eigenvalue weighted by atomic mass is 14.7. The molecule has 1 heteroatoms. The maximum absolute atomic E-state index is 4.83. The van der Waals surface area contributed by atoms with Crippen LogP contribution in [-0.4, -0.2) is 4.98 Å². The van der Waals surface area contributed by atoms with E-state index in [9.17, 15) is 0 Å². The Morgan fingerprint density at radius 3 is 2.53 bits per heavy atom. The van der Waals surface area contributed by atoms with E-state index in [-0.39, 0.29) is 0 Å². The summed E-state index contributed by atoms with van der Waals surface area (Å²) in [6, 6.07) is 6.70. The Kier molecular flexibility index (Phi) is 3.46. The minimum atomic E-state index is 1.08. The molecule has 2 aromatic rings. The summed E-state index contributed by atoms with van der Waals surface area (Å²) in [4.78, 5) is 4.83. The molecule has 1 heterocycles. The number of rotatable bonds is 3. The van der Waals surface area contributed by atoms with Crippen LogP contribution in [0, 0.1) is 13.8 Å². The van der Waals surface area contributed by atoms with E-state index < -0.39 is 0 Å². The van der Waals surface area contributed by atoms with Crippen LogP contribution in [-0.2, 0) is 12.8 Å². The largest absolute Gasteiger partial charge is 0.253 e. The van der Waals surface area contributed by atoms with Crippen molar-refractivity contribution in [1.29, 1.82) is 0 Å². The number of nitrogens with zero attached hydrogens (tertiary/aromatic N) is 1. The highest BCUT2D eigenvalue weighted by Crippen LogP contribution is 2.24. The Bertz CT molecular complexity index is 541. The zero-order valence-electron chi connectivity index (χ0n) is 11.3. The van der Waals surface area contributed by atoms with Gasteiger partial charge in [0.25, 0.3) is 0 Å². The summed E-state index contributed by atoms with van der Waals surface area (Å²) in [5.41, 5.74) is 6.55. The van der Waals surface area contributed by atoms with Gasteiger partial charge in [-0.25, -0.2) is 0 Å². The number of aromatic nitrogens is 1. The van der Waals surface area contributed by atoms with E-state index in [2.05, 4.69) is 45.9 Å². The molecule has 0 radical (unpaired) electrons. The molecule has 0 spiro atoms. The van der Waals surface area contributed by atoms with Gasteiger partial charge >= 0.3 is 0 Å². The van der Waals surface area contributed by atoms with Gasteiger partial charge in [0.15, 0.2) is 0 Å². The molecule has 1 nitrogen and oxygen atoms in total. The Hall–Kier alpha value is -1.37. The predicted octanol–water partition coefficient (Wildman–Crippen LogP) is 4.37. The van der Waals surface area contributed by atoms with Crippen LogP contribution in [0.25, 0.3) is 10.9 Å². The molecule has 0 unspecified atom stereocenters. The first-order chi connectivity index (χ1) is 8.17. The second-order valence-electron chi connectivity index (χ2n) is 4.78. The molecular weight excluding hydrogens is 206 g/mol. The van der Waals surface area contributed by atoms with Crippen LogP contribution in [0.1, 0.15) is 42.7 Å². The summed E-state index contributed by atoms with van der Waals surface area (Å²) in [5, 5.41) is 1.31. The Balaban J connectivity index is 2.70. The molecule has 0 aliphatic rings. The van der Waals surface area contributed by atoms with Gasteiger partial charge in [-0.1, -0.05) is 32.4 Å². The Morgan fingerprint density at radius 1 is 1.12 bits per heavy atom. The van der Waals surface area contributed by atoms with Crippen molar-refractivity contribution in [3.8, 4) is 0 Å². The third kappa shape index (κ3) is 2.19. The molecule has 0 aliphatic carbocycles. The topological polar surface area (TPSA) is 12.9 Å². The molecule has 2 rings (SSSR count). The van der Waals surface area contributed by atoms with E-state index in [0.29, 0.717) is 0 Å². The van der Waals surface area contributed by atoms with E-state index >= 15 is 0 Å². The summed E-state index contributed by atoms with van der Waals surface area (Å²) in [6.07, 6.45) is 3.32. The van der Waals surface area contributed by atoms with Crippen molar-refractivity contribution in [3.05, 3.63) is 40.6 Å². The number of fused-ring (bicyclic) bond motifs is 1. The fourth-order valence-corrected chi connectivity index (χ4v) is 2.48. The first kappa shape index (κ1) is 12.1. The van der Waals surface area contributed by atoms with E-state index in [1.165, 1.54) is 33.3 Å². The van der Waals surface area contributed by atoms with Crippen LogP contribution in [0.3, 0.4) is 0 Å². The van der Waals surface area contributed by atoms with Crippen LogP contribution in [0.2, 0.25) is 0 Å². The lowest BCUT2D eigenvalue weighted by Gasteiger charge is -2.11. The molecule has 0 aliphatic heterocycles. The van der Waals surface area contributed by atoms with E-state index in [0.717, 1.165) is 19.3 Å². The monoisotopic (exact) mass is 227 g/mol. The lowest BCUT2D eigenvalue weighted by Crippen LogP contribution is -1.97. The maximum Gasteiger partial charge on any atom is 0.0739 e. The van der Waals surface area contributed by atoms with Crippen molar-refractivity contribution in [1.82, 2.24) is 4.98 Å². The van der Waals surface area contributed by atoms with Gasteiger partial charge in [0, 0.05) is 11.1 Å². The lowest BCUT2D eigenvalue weighted by atomic mass is 9.99. The third-order valence-corrected chi connectivity index (χ3v) is 3.49. The van der Waals surface area contributed by atoms with Crippen molar-refractivity contribution < 1.29 is 0 Å². The Morgan fingerprint density at radius 2 is 1.88 bits per heavy atom. The minimum Gasteiger partial charge on any atom is -0.253 e. The average molecular weight is 227 g/mol. The van der Waals surface area contributed by atoms with Crippen LogP contribution in [0.5, 0.6) is 0 Å². The second kappa shape index (κ2) is 4.87. The van der Waals surface area contributed by atoms with Crippen molar-refractivity contribution in [3.63, 3.8) is 0 Å². The summed E-state index contributed by atoms with van der Waals surface area (Å²) >= 11 is 0. The lowest BCUT2D eigenvalue weighted by molar-refractivity contribution is 0.887. The van der Waals surface area contributed by atoms with Gasteiger partial charge in [0.1, 0.15) is 0 Å². The molecule has 17 heavy (non-hydrogen) atoms. The molecule has 0 amide bonds. The molecule has 0 fully saturated rings. The third-order valence-electron chi connectivity index (χ3n) is 3.49. The molecule has 0 N–H and O–H groups in total. The molecule has 0 saturated heterocycles. The van der Waals surface area contributed by atoms with Crippen LogP contribution >= 0.6 is 0 Å². The van der Waals surface area contributed by atoms with Gasteiger partial charge in [-0.3, -0.25) is 4.98 Å². The first-order valence-corrected chi connectivity index (χ1v) is 6.56. The fourth-order valence-electron chi connectivity index (χ4n) is 2.48. The first-order valence-electron chi connectivity index (χ1n) is 6.56. The zero-order chi connectivity index (χ0) is 12.4. The van der Waals surface area contributed by atoms with E-state index in [1.54, 1.807) is 0 Å². The van der Waals surface area contributed by atoms with E-state index in [1.807, 2.05) is 0 Å². The van der Waals surface area contributed by atoms with Gasteiger partial charge in [-0.2, -0.15) is 0 Å². The van der Waals surface area contributed by atoms with E-state index in [4.69, 9.17) is 4.98 Å². The highest BCUT2D eigenvalue weighted by molar-refractivity contribution is 5.86. The van der Waals surface area contributed by atoms with Crippen LogP contribution < -0.4 is 0 Å². The average Bonchev–Trinajstić information content (AvgIpc) is 2.31. The zero-order valence-corrected chi connectivity index (χ0v) is 11.3. The summed E-state index contributed by atoms with van der Waals surface area (Å²) in [5.74, 6) is 0. The van der Waals surface area contributed by atoms with Crippen molar-refractivity contribution in [2.24, 2.45) is 0 Å². The quantitative estimate of drug-likeness (QED) is 0.759. The molecule has 1 aromatic carbocycles. The normalized spacial score (nSPS) is 11.1. The number of hydrogen-bond donors (Lipinski definition) is 0. The maximum atomic E-state index is 4.83. The van der Waals surface area contributed by atoms with Gasteiger partial charge < -0.3 is 0 Å². The molecule has 90 valence electrons. The Labute approximate surface area is 104 Å². The van der Waals surface area contributed by atoms with Crippen molar-refractivity contribution in [2.45, 2.75) is 47.0 Å². The van der Waals surface area contributed by atoms with Crippen LogP contribution in [0.15, 0.2) is 18.2 Å². The highest BCUT2D eigenvalue weighted by Gasteiger charge is 2.07. The standard InChI is InChI=1S/C16H21N/c1-5-7-14-10-11(3)15-9-8-13(6-2)12(4)16(15)17-14/h8-10H,5-7H2,1-4H3. The smallest absolute Gasteiger partial charge is 0.0739 e. The minimum absolute atomic E-state index is 1.08. The molecule has 0 bridgehead atoms. The van der Waals surface area contributed by atoms with Gasteiger partial charge in [-0.05, 0) is 49.4 Å². The van der Waals surface area contributed by atoms with Gasteiger partial charge in [0.2, 0.25) is 0 Å². The molecule has 0 atom stereocenters. The molecule has 1 aromatic heterocycles. The van der Waals surface area contributed by atoms with Crippen LogP contribution in [0.4, 0.5) is 0 Å². The molecular formula is C16H21N. The summed E-state index contributed by atoms with van der Waals surface area (Å²) in [7, 11) is 0. The number of pyridine rings is 1. The summed E-state index contributed by atoms with van der Waals surface area (Å²) < 4.78 is 0. The molecule has 0 saturated carbocycles. The van der Waals surface area contributed by atoms with Gasteiger partial charge in [-0.15, -0.1) is 0 Å². The second-order valence-corrected chi connectivity index (χ2v) is 4.78. The van der Waals surface area contributed by atoms with Crippen molar-refractivity contribution in [2.75, 3.05) is 0 Å². The number of hydrogen-bond acceptors (Lipinski definition) is 1. The fraction of sp³-hybridized carbons (Fsp3) is 0.438. The predicted molar refractivity (Wildman–Crippen MR) is 74.6 cm³/mol.